The van der Waals surface area contributed by atoms with E-state index in [-0.39, 0.29) is 23.4 Å². The first-order valence-electron chi connectivity index (χ1n) is 11.0. The third-order valence-corrected chi connectivity index (χ3v) is 7.10. The SMILES string of the molecule is O=C(COc1ccccc1)Nc1cccc(SC(C(=O)Nc2cccc(Cl)c2Cl)c2ccccc2)c1. The lowest BCUT2D eigenvalue weighted by Gasteiger charge is -2.18. The van der Waals surface area contributed by atoms with E-state index < -0.39 is 5.25 Å². The molecule has 4 rings (SSSR count). The van der Waals surface area contributed by atoms with Crippen molar-refractivity contribution in [1.29, 1.82) is 0 Å². The quantitative estimate of drug-likeness (QED) is 0.217. The van der Waals surface area contributed by atoms with Gasteiger partial charge in [0.15, 0.2) is 6.61 Å². The zero-order valence-electron chi connectivity index (χ0n) is 19.0. The fraction of sp³-hybridized carbons (Fsp3) is 0.0714. The summed E-state index contributed by atoms with van der Waals surface area (Å²) in [7, 11) is 0. The van der Waals surface area contributed by atoms with Crippen molar-refractivity contribution in [3.8, 4) is 5.75 Å². The van der Waals surface area contributed by atoms with E-state index in [2.05, 4.69) is 10.6 Å². The highest BCUT2D eigenvalue weighted by Crippen LogP contribution is 2.38. The highest BCUT2D eigenvalue weighted by atomic mass is 35.5. The molecule has 182 valence electrons. The summed E-state index contributed by atoms with van der Waals surface area (Å²) in [5.41, 5.74) is 1.87. The number of carbonyl (C=O) groups is 2. The van der Waals surface area contributed by atoms with Crippen molar-refractivity contribution in [2.24, 2.45) is 0 Å². The minimum absolute atomic E-state index is 0.114. The van der Waals surface area contributed by atoms with E-state index in [1.807, 2.05) is 66.7 Å². The third kappa shape index (κ3) is 7.04. The lowest BCUT2D eigenvalue weighted by molar-refractivity contribution is -0.118. The second-order valence-electron chi connectivity index (χ2n) is 7.68. The predicted octanol–water partition coefficient (Wildman–Crippen LogP) is 7.48. The summed E-state index contributed by atoms with van der Waals surface area (Å²) in [6, 6.07) is 31.0. The molecule has 0 radical (unpaired) electrons. The predicted molar refractivity (Wildman–Crippen MR) is 147 cm³/mol. The minimum Gasteiger partial charge on any atom is -0.484 e. The van der Waals surface area contributed by atoms with Gasteiger partial charge in [0.2, 0.25) is 5.91 Å². The van der Waals surface area contributed by atoms with Gasteiger partial charge in [-0.2, -0.15) is 0 Å². The number of rotatable bonds is 9. The van der Waals surface area contributed by atoms with E-state index in [4.69, 9.17) is 27.9 Å². The summed E-state index contributed by atoms with van der Waals surface area (Å²) >= 11 is 13.7. The van der Waals surface area contributed by atoms with Crippen LogP contribution >= 0.6 is 35.0 Å². The van der Waals surface area contributed by atoms with E-state index in [1.165, 1.54) is 11.8 Å². The highest BCUT2D eigenvalue weighted by molar-refractivity contribution is 8.00. The van der Waals surface area contributed by atoms with E-state index >= 15 is 0 Å². The van der Waals surface area contributed by atoms with Crippen LogP contribution < -0.4 is 15.4 Å². The van der Waals surface area contributed by atoms with Gasteiger partial charge in [0, 0.05) is 10.6 Å². The number of hydrogen-bond donors (Lipinski definition) is 2. The van der Waals surface area contributed by atoms with E-state index in [0.29, 0.717) is 22.1 Å². The first-order valence-corrected chi connectivity index (χ1v) is 12.7. The summed E-state index contributed by atoms with van der Waals surface area (Å²) in [5, 5.41) is 5.79. The van der Waals surface area contributed by atoms with E-state index in [1.54, 1.807) is 36.4 Å². The van der Waals surface area contributed by atoms with Gasteiger partial charge in [-0.05, 0) is 48.0 Å². The molecular formula is C28H22Cl2N2O3S. The molecule has 2 N–H and O–H groups in total. The summed E-state index contributed by atoms with van der Waals surface area (Å²) in [6.07, 6.45) is 0. The van der Waals surface area contributed by atoms with Gasteiger partial charge in [-0.25, -0.2) is 0 Å². The van der Waals surface area contributed by atoms with Crippen LogP contribution in [0.15, 0.2) is 108 Å². The van der Waals surface area contributed by atoms with Crippen LogP contribution in [0.25, 0.3) is 0 Å². The number of amides is 2. The van der Waals surface area contributed by atoms with Crippen molar-refractivity contribution in [3.63, 3.8) is 0 Å². The monoisotopic (exact) mass is 536 g/mol. The minimum atomic E-state index is -0.575. The van der Waals surface area contributed by atoms with Gasteiger partial charge < -0.3 is 15.4 Å². The molecular weight excluding hydrogens is 515 g/mol. The van der Waals surface area contributed by atoms with Crippen molar-refractivity contribution < 1.29 is 14.3 Å². The highest BCUT2D eigenvalue weighted by Gasteiger charge is 2.23. The average molecular weight is 537 g/mol. The average Bonchev–Trinajstić information content (AvgIpc) is 2.90. The number of para-hydroxylation sites is 1. The Hall–Kier alpha value is -3.45. The number of anilines is 2. The van der Waals surface area contributed by atoms with Crippen LogP contribution in [0.4, 0.5) is 11.4 Å². The zero-order chi connectivity index (χ0) is 25.3. The smallest absolute Gasteiger partial charge is 0.262 e. The van der Waals surface area contributed by atoms with E-state index in [9.17, 15) is 9.59 Å². The molecule has 0 bridgehead atoms. The standard InChI is InChI=1S/C28H22Cl2N2O3S/c29-23-15-8-16-24(26(23)30)32-28(34)27(19-9-3-1-4-10-19)36-22-14-7-11-20(17-22)31-25(33)18-35-21-12-5-2-6-13-21/h1-17,27H,18H2,(H,31,33)(H,32,34). The van der Waals surface area contributed by atoms with Crippen molar-refractivity contribution in [2.45, 2.75) is 10.1 Å². The second kappa shape index (κ2) is 12.5. The molecule has 1 atom stereocenters. The van der Waals surface area contributed by atoms with Crippen LogP contribution in [0.1, 0.15) is 10.8 Å². The van der Waals surface area contributed by atoms with Gasteiger partial charge in [0.25, 0.3) is 5.91 Å². The van der Waals surface area contributed by atoms with Gasteiger partial charge in [-0.15, -0.1) is 11.8 Å². The lowest BCUT2D eigenvalue weighted by Crippen LogP contribution is -2.20. The molecule has 0 heterocycles. The molecule has 0 aliphatic heterocycles. The van der Waals surface area contributed by atoms with Crippen molar-refractivity contribution in [2.75, 3.05) is 17.2 Å². The van der Waals surface area contributed by atoms with Crippen molar-refractivity contribution in [3.05, 3.63) is 119 Å². The molecule has 0 aliphatic rings. The van der Waals surface area contributed by atoms with Crippen LogP contribution in [-0.2, 0) is 9.59 Å². The first kappa shape index (κ1) is 25.6. The number of hydrogen-bond acceptors (Lipinski definition) is 4. The molecule has 0 aliphatic carbocycles. The largest absolute Gasteiger partial charge is 0.484 e. The molecule has 2 amide bonds. The van der Waals surface area contributed by atoms with Crippen LogP contribution in [0.2, 0.25) is 10.0 Å². The zero-order valence-corrected chi connectivity index (χ0v) is 21.3. The summed E-state index contributed by atoms with van der Waals surface area (Å²) in [5.74, 6) is 0.0866. The molecule has 0 saturated heterocycles. The number of halogens is 2. The van der Waals surface area contributed by atoms with Crippen molar-refractivity contribution in [1.82, 2.24) is 0 Å². The number of nitrogens with one attached hydrogen (secondary N) is 2. The molecule has 0 spiro atoms. The molecule has 8 heteroatoms. The molecule has 0 aromatic heterocycles. The second-order valence-corrected chi connectivity index (χ2v) is 9.64. The number of thioether (sulfide) groups is 1. The Morgan fingerprint density at radius 3 is 2.25 bits per heavy atom. The fourth-order valence-corrected chi connectivity index (χ4v) is 4.78. The molecule has 0 saturated carbocycles. The Kier molecular flexibility index (Phi) is 8.90. The molecule has 4 aromatic rings. The summed E-state index contributed by atoms with van der Waals surface area (Å²) in [4.78, 5) is 26.5. The lowest BCUT2D eigenvalue weighted by atomic mass is 10.1. The molecule has 0 fully saturated rings. The Labute approximate surface area is 223 Å². The summed E-state index contributed by atoms with van der Waals surface area (Å²) < 4.78 is 5.51. The Morgan fingerprint density at radius 2 is 1.50 bits per heavy atom. The van der Waals surface area contributed by atoms with Gasteiger partial charge in [-0.1, -0.05) is 83.9 Å². The maximum absolute atomic E-state index is 13.3. The topological polar surface area (TPSA) is 67.4 Å². The van der Waals surface area contributed by atoms with Crippen molar-refractivity contribution >= 4 is 58.2 Å². The van der Waals surface area contributed by atoms with Crippen LogP contribution in [0.3, 0.4) is 0 Å². The summed E-state index contributed by atoms with van der Waals surface area (Å²) in [6.45, 7) is -0.114. The van der Waals surface area contributed by atoms with E-state index in [0.717, 1.165) is 10.5 Å². The Morgan fingerprint density at radius 1 is 0.806 bits per heavy atom. The number of benzene rings is 4. The molecule has 1 unspecified atom stereocenters. The van der Waals surface area contributed by atoms with Gasteiger partial charge in [-0.3, -0.25) is 9.59 Å². The number of carbonyl (C=O) groups excluding carboxylic acids is 2. The molecule has 5 nitrogen and oxygen atoms in total. The van der Waals surface area contributed by atoms with Gasteiger partial charge in [0.1, 0.15) is 11.0 Å². The van der Waals surface area contributed by atoms with Gasteiger partial charge >= 0.3 is 0 Å². The third-order valence-electron chi connectivity index (χ3n) is 5.03. The first-order chi connectivity index (χ1) is 17.5. The molecule has 36 heavy (non-hydrogen) atoms. The molecule has 4 aromatic carbocycles. The maximum Gasteiger partial charge on any atom is 0.262 e. The fourth-order valence-electron chi connectivity index (χ4n) is 3.35. The van der Waals surface area contributed by atoms with Gasteiger partial charge in [0.05, 0.1) is 15.7 Å². The Bertz CT molecular complexity index is 1340. The number of ether oxygens (including phenoxy) is 1. The van der Waals surface area contributed by atoms with Crippen LogP contribution in [0.5, 0.6) is 5.75 Å². The van der Waals surface area contributed by atoms with Crippen LogP contribution in [0, 0.1) is 0 Å². The normalized spacial score (nSPS) is 11.4. The van der Waals surface area contributed by atoms with Crippen LogP contribution in [-0.4, -0.2) is 18.4 Å². The Balaban J connectivity index is 1.47. The maximum atomic E-state index is 13.3.